The molecule has 7 nitrogen and oxygen atoms in total. The average molecular weight is 669 g/mol. The first-order chi connectivity index (χ1) is 18.9. The number of anilines is 1. The Bertz CT molecular complexity index is 1430. The number of hydrogen-bond acceptors (Lipinski definition) is 4. The molecule has 11 heteroatoms. The molecule has 0 saturated carbocycles. The van der Waals surface area contributed by atoms with Crippen LogP contribution in [0.3, 0.4) is 0 Å². The van der Waals surface area contributed by atoms with Crippen LogP contribution in [0.2, 0.25) is 10.0 Å². The number of hydrogen-bond donors (Lipinski definition) is 1. The van der Waals surface area contributed by atoms with Crippen LogP contribution in [-0.4, -0.2) is 44.3 Å². The highest BCUT2D eigenvalue weighted by molar-refractivity contribution is 9.10. The zero-order valence-electron chi connectivity index (χ0n) is 22.5. The highest BCUT2D eigenvalue weighted by Crippen LogP contribution is 2.27. The molecule has 0 spiro atoms. The first kappa shape index (κ1) is 31.9. The minimum atomic E-state index is -4.14. The van der Waals surface area contributed by atoms with Crippen LogP contribution in [0.25, 0.3) is 0 Å². The second-order valence-electron chi connectivity index (χ2n) is 9.38. The van der Waals surface area contributed by atoms with E-state index in [1.165, 1.54) is 17.0 Å². The lowest BCUT2D eigenvalue weighted by atomic mass is 10.1. The standard InChI is InChI=1S/C29H32BrCl2N3O4S/c1-4-5-16-33-29(37)21(3)34(18-22-8-11-24(31)17-27(22)32)28(36)19-35(25-12-9-23(30)10-13-25)40(38,39)26-14-6-20(2)7-15-26/h6-15,17,21H,4-5,16,18-19H2,1-3H3,(H,33,37)/t21-/m1/s1. The largest absolute Gasteiger partial charge is 0.354 e. The Morgan fingerprint density at radius 1 is 1.00 bits per heavy atom. The lowest BCUT2D eigenvalue weighted by molar-refractivity contribution is -0.139. The molecule has 40 heavy (non-hydrogen) atoms. The third-order valence-corrected chi connectivity index (χ3v) is 9.26. The van der Waals surface area contributed by atoms with Crippen molar-refractivity contribution < 1.29 is 18.0 Å². The summed E-state index contributed by atoms with van der Waals surface area (Å²) in [5.41, 5.74) is 1.78. The van der Waals surface area contributed by atoms with E-state index in [4.69, 9.17) is 23.2 Å². The van der Waals surface area contributed by atoms with Crippen LogP contribution >= 0.6 is 39.1 Å². The average Bonchev–Trinajstić information content (AvgIpc) is 2.91. The fourth-order valence-corrected chi connectivity index (χ4v) is 6.07. The summed E-state index contributed by atoms with van der Waals surface area (Å²) in [5, 5.41) is 3.62. The summed E-state index contributed by atoms with van der Waals surface area (Å²) in [6.07, 6.45) is 1.69. The highest BCUT2D eigenvalue weighted by atomic mass is 79.9. The van der Waals surface area contributed by atoms with E-state index < -0.39 is 28.5 Å². The maximum atomic E-state index is 13.9. The van der Waals surface area contributed by atoms with Crippen LogP contribution in [0.15, 0.2) is 76.1 Å². The zero-order valence-corrected chi connectivity index (χ0v) is 26.4. The number of unbranched alkanes of at least 4 members (excludes halogenated alkanes) is 1. The number of nitrogens with zero attached hydrogens (tertiary/aromatic N) is 2. The van der Waals surface area contributed by atoms with Gasteiger partial charge >= 0.3 is 0 Å². The number of sulfonamides is 1. The molecular weight excluding hydrogens is 637 g/mol. The molecule has 0 unspecified atom stereocenters. The van der Waals surface area contributed by atoms with Crippen LogP contribution < -0.4 is 9.62 Å². The van der Waals surface area contributed by atoms with Crippen molar-refractivity contribution in [2.75, 3.05) is 17.4 Å². The van der Waals surface area contributed by atoms with Crippen molar-refractivity contribution in [2.45, 2.75) is 51.1 Å². The van der Waals surface area contributed by atoms with E-state index in [1.807, 2.05) is 13.8 Å². The molecule has 3 aromatic rings. The third-order valence-electron chi connectivity index (χ3n) is 6.36. The van der Waals surface area contributed by atoms with Gasteiger partial charge in [0.2, 0.25) is 11.8 Å². The Balaban J connectivity index is 2.01. The van der Waals surface area contributed by atoms with Gasteiger partial charge in [-0.3, -0.25) is 13.9 Å². The Labute approximate surface area is 254 Å². The minimum Gasteiger partial charge on any atom is -0.354 e. The van der Waals surface area contributed by atoms with Crippen molar-refractivity contribution in [1.82, 2.24) is 10.2 Å². The second kappa shape index (κ2) is 14.3. The van der Waals surface area contributed by atoms with Crippen LogP contribution in [0, 0.1) is 6.92 Å². The van der Waals surface area contributed by atoms with Crippen molar-refractivity contribution in [3.63, 3.8) is 0 Å². The fourth-order valence-electron chi connectivity index (χ4n) is 3.93. The Morgan fingerprint density at radius 3 is 2.25 bits per heavy atom. The molecule has 3 rings (SSSR count). The molecule has 0 heterocycles. The minimum absolute atomic E-state index is 0.0179. The van der Waals surface area contributed by atoms with E-state index in [1.54, 1.807) is 61.5 Å². The van der Waals surface area contributed by atoms with Crippen LogP contribution in [0.4, 0.5) is 5.69 Å². The van der Waals surface area contributed by atoms with E-state index in [0.717, 1.165) is 27.2 Å². The van der Waals surface area contributed by atoms with Crippen molar-refractivity contribution >= 4 is 66.7 Å². The molecule has 1 N–H and O–H groups in total. The van der Waals surface area contributed by atoms with Gasteiger partial charge in [-0.05, 0) is 74.4 Å². The molecule has 0 aromatic heterocycles. The smallest absolute Gasteiger partial charge is 0.264 e. The molecule has 0 aliphatic rings. The molecule has 0 aliphatic heterocycles. The highest BCUT2D eigenvalue weighted by Gasteiger charge is 2.32. The lowest BCUT2D eigenvalue weighted by Gasteiger charge is -2.32. The number of carbonyl (C=O) groups is 2. The van der Waals surface area contributed by atoms with Crippen molar-refractivity contribution in [3.8, 4) is 0 Å². The summed E-state index contributed by atoms with van der Waals surface area (Å²) >= 11 is 15.8. The number of carbonyl (C=O) groups excluding carboxylic acids is 2. The molecule has 214 valence electrons. The van der Waals surface area contributed by atoms with E-state index in [9.17, 15) is 18.0 Å². The van der Waals surface area contributed by atoms with Gasteiger partial charge in [0.25, 0.3) is 10.0 Å². The first-order valence-electron chi connectivity index (χ1n) is 12.8. The number of nitrogens with one attached hydrogen (secondary N) is 1. The maximum Gasteiger partial charge on any atom is 0.264 e. The summed E-state index contributed by atoms with van der Waals surface area (Å²) in [7, 11) is -4.14. The predicted octanol–water partition coefficient (Wildman–Crippen LogP) is 6.59. The van der Waals surface area contributed by atoms with Crippen molar-refractivity contribution in [1.29, 1.82) is 0 Å². The topological polar surface area (TPSA) is 86.8 Å². The van der Waals surface area contributed by atoms with Crippen molar-refractivity contribution in [3.05, 3.63) is 92.4 Å². The SMILES string of the molecule is CCCCNC(=O)[C@@H](C)N(Cc1ccc(Cl)cc1Cl)C(=O)CN(c1ccc(Br)cc1)S(=O)(=O)c1ccc(C)cc1. The number of rotatable bonds is 12. The Kier molecular flexibility index (Phi) is 11.5. The van der Waals surface area contributed by atoms with E-state index in [2.05, 4.69) is 21.2 Å². The van der Waals surface area contributed by atoms with Gasteiger partial charge in [0.15, 0.2) is 0 Å². The van der Waals surface area contributed by atoms with Gasteiger partial charge in [0, 0.05) is 27.6 Å². The second-order valence-corrected chi connectivity index (χ2v) is 13.0. The number of aryl methyl sites for hydroxylation is 1. The Hall–Kier alpha value is -2.59. The molecular formula is C29H32BrCl2N3O4S. The van der Waals surface area contributed by atoms with Crippen LogP contribution in [0.5, 0.6) is 0 Å². The van der Waals surface area contributed by atoms with Crippen LogP contribution in [-0.2, 0) is 26.2 Å². The van der Waals surface area contributed by atoms with Gasteiger partial charge in [0.05, 0.1) is 10.6 Å². The first-order valence-corrected chi connectivity index (χ1v) is 15.8. The summed E-state index contributed by atoms with van der Waals surface area (Å²) in [6, 6.07) is 17.0. The summed E-state index contributed by atoms with van der Waals surface area (Å²) in [4.78, 5) is 28.4. The van der Waals surface area contributed by atoms with Gasteiger partial charge < -0.3 is 10.2 Å². The number of halogens is 3. The number of amides is 2. The van der Waals surface area contributed by atoms with Gasteiger partial charge in [0.1, 0.15) is 12.6 Å². The van der Waals surface area contributed by atoms with Crippen LogP contribution in [0.1, 0.15) is 37.8 Å². The van der Waals surface area contributed by atoms with Gasteiger partial charge in [-0.25, -0.2) is 8.42 Å². The fraction of sp³-hybridized carbons (Fsp3) is 0.310. The quantitative estimate of drug-likeness (QED) is 0.221. The third kappa shape index (κ3) is 8.22. The van der Waals surface area contributed by atoms with Gasteiger partial charge in [-0.15, -0.1) is 0 Å². The van der Waals surface area contributed by atoms with E-state index in [-0.39, 0.29) is 17.3 Å². The zero-order chi connectivity index (χ0) is 29.4. The Morgan fingerprint density at radius 2 is 1.65 bits per heavy atom. The molecule has 1 atom stereocenters. The molecule has 0 fully saturated rings. The molecule has 3 aromatic carbocycles. The molecule has 0 aliphatic carbocycles. The molecule has 0 bridgehead atoms. The van der Waals surface area contributed by atoms with E-state index in [0.29, 0.717) is 27.8 Å². The van der Waals surface area contributed by atoms with Crippen molar-refractivity contribution in [2.24, 2.45) is 0 Å². The van der Waals surface area contributed by atoms with E-state index >= 15 is 0 Å². The normalized spacial score (nSPS) is 12.1. The summed E-state index contributed by atoms with van der Waals surface area (Å²) in [6.45, 7) is 5.40. The summed E-state index contributed by atoms with van der Waals surface area (Å²) < 4.78 is 29.5. The molecule has 2 amide bonds. The number of benzene rings is 3. The maximum absolute atomic E-state index is 13.9. The predicted molar refractivity (Wildman–Crippen MR) is 164 cm³/mol. The lowest BCUT2D eigenvalue weighted by Crippen LogP contribution is -2.51. The van der Waals surface area contributed by atoms with Gasteiger partial charge in [-0.2, -0.15) is 0 Å². The molecule has 0 radical (unpaired) electrons. The summed E-state index contributed by atoms with van der Waals surface area (Å²) in [5.74, 6) is -0.911. The van der Waals surface area contributed by atoms with Gasteiger partial charge in [-0.1, -0.05) is 76.2 Å². The monoisotopic (exact) mass is 667 g/mol. The molecule has 0 saturated heterocycles.